The predicted octanol–water partition coefficient (Wildman–Crippen LogP) is 1.90. The van der Waals surface area contributed by atoms with Gasteiger partial charge in [0.2, 0.25) is 5.91 Å². The summed E-state index contributed by atoms with van der Waals surface area (Å²) in [5.74, 6) is 0.0394. The second-order valence-corrected chi connectivity index (χ2v) is 3.72. The minimum atomic E-state index is 0.0394. The Balaban J connectivity index is 0. The van der Waals surface area contributed by atoms with Gasteiger partial charge in [-0.05, 0) is 33.4 Å². The molecule has 0 bridgehead atoms. The van der Waals surface area contributed by atoms with Crippen molar-refractivity contribution in [1.29, 1.82) is 0 Å². The molecule has 4 nitrogen and oxygen atoms in total. The molecule has 0 aliphatic rings. The topological polar surface area (TPSA) is 41.6 Å². The number of hydrogen-bond donors (Lipinski definition) is 1. The third kappa shape index (κ3) is 18.0. The van der Waals surface area contributed by atoms with Gasteiger partial charge in [0.15, 0.2) is 0 Å². The number of rotatable bonds is 8. The molecule has 0 fully saturated rings. The van der Waals surface area contributed by atoms with Crippen molar-refractivity contribution in [1.82, 2.24) is 10.2 Å². The van der Waals surface area contributed by atoms with Crippen LogP contribution in [0.25, 0.3) is 0 Å². The Kier molecular flexibility index (Phi) is 17.0. The molecule has 0 unspecified atom stereocenters. The molecule has 0 rings (SSSR count). The van der Waals surface area contributed by atoms with Crippen molar-refractivity contribution in [2.24, 2.45) is 0 Å². The SMILES string of the molecule is CCCN(CC)CCOCC.CCNC(C)=O. The summed E-state index contributed by atoms with van der Waals surface area (Å²) in [5, 5.41) is 2.57. The number of likely N-dealkylation sites (N-methyl/N-ethyl adjacent to an activating group) is 1. The Bertz CT molecular complexity index is 163. The summed E-state index contributed by atoms with van der Waals surface area (Å²) in [4.78, 5) is 12.3. The largest absolute Gasteiger partial charge is 0.380 e. The van der Waals surface area contributed by atoms with Crippen LogP contribution in [-0.4, -0.2) is 50.2 Å². The van der Waals surface area contributed by atoms with Crippen LogP contribution in [0.2, 0.25) is 0 Å². The molecule has 1 N–H and O–H groups in total. The molecular formula is C13H30N2O2. The van der Waals surface area contributed by atoms with E-state index in [1.54, 1.807) is 0 Å². The highest BCUT2D eigenvalue weighted by molar-refractivity contribution is 5.72. The minimum Gasteiger partial charge on any atom is -0.380 e. The molecule has 0 spiro atoms. The summed E-state index contributed by atoms with van der Waals surface area (Å²) < 4.78 is 5.27. The van der Waals surface area contributed by atoms with Gasteiger partial charge in [0.25, 0.3) is 0 Å². The van der Waals surface area contributed by atoms with Crippen molar-refractivity contribution in [3.63, 3.8) is 0 Å². The number of hydrogen-bond acceptors (Lipinski definition) is 3. The molecular weight excluding hydrogens is 216 g/mol. The minimum absolute atomic E-state index is 0.0394. The highest BCUT2D eigenvalue weighted by Gasteiger charge is 1.98. The maximum atomic E-state index is 9.93. The van der Waals surface area contributed by atoms with E-state index in [0.29, 0.717) is 0 Å². The van der Waals surface area contributed by atoms with Crippen molar-refractivity contribution in [2.45, 2.75) is 41.0 Å². The molecule has 0 saturated heterocycles. The Labute approximate surface area is 107 Å². The van der Waals surface area contributed by atoms with Gasteiger partial charge < -0.3 is 15.0 Å². The second kappa shape index (κ2) is 15.4. The molecule has 0 radical (unpaired) electrons. The molecule has 0 aromatic rings. The number of amides is 1. The highest BCUT2D eigenvalue weighted by Crippen LogP contribution is 1.90. The first-order chi connectivity index (χ1) is 8.12. The molecule has 104 valence electrons. The number of carbonyl (C=O) groups excluding carboxylic acids is 1. The normalized spacial score (nSPS) is 9.76. The summed E-state index contributed by atoms with van der Waals surface area (Å²) in [6.07, 6.45) is 1.24. The van der Waals surface area contributed by atoms with Crippen LogP contribution in [0.4, 0.5) is 0 Å². The maximum absolute atomic E-state index is 9.93. The van der Waals surface area contributed by atoms with E-state index in [4.69, 9.17) is 4.74 Å². The second-order valence-electron chi connectivity index (χ2n) is 3.72. The van der Waals surface area contributed by atoms with Gasteiger partial charge in [-0.3, -0.25) is 4.79 Å². The third-order valence-corrected chi connectivity index (χ3v) is 2.17. The first-order valence-electron chi connectivity index (χ1n) is 6.66. The van der Waals surface area contributed by atoms with Gasteiger partial charge >= 0.3 is 0 Å². The van der Waals surface area contributed by atoms with E-state index in [2.05, 4.69) is 24.1 Å². The van der Waals surface area contributed by atoms with Gasteiger partial charge in [-0.1, -0.05) is 13.8 Å². The Morgan fingerprint density at radius 2 is 1.82 bits per heavy atom. The number of ether oxygens (including phenoxy) is 1. The van der Waals surface area contributed by atoms with E-state index in [1.807, 2.05) is 13.8 Å². The Morgan fingerprint density at radius 1 is 1.18 bits per heavy atom. The molecule has 0 atom stereocenters. The first-order valence-corrected chi connectivity index (χ1v) is 6.66. The van der Waals surface area contributed by atoms with Crippen LogP contribution in [0.15, 0.2) is 0 Å². The monoisotopic (exact) mass is 246 g/mol. The van der Waals surface area contributed by atoms with Gasteiger partial charge in [-0.15, -0.1) is 0 Å². The average Bonchev–Trinajstić information content (AvgIpc) is 2.29. The number of nitrogens with zero attached hydrogens (tertiary/aromatic N) is 1. The lowest BCUT2D eigenvalue weighted by Crippen LogP contribution is -2.28. The van der Waals surface area contributed by atoms with Crippen LogP contribution in [0.3, 0.4) is 0 Å². The van der Waals surface area contributed by atoms with E-state index in [1.165, 1.54) is 19.9 Å². The molecule has 1 amide bonds. The number of nitrogens with one attached hydrogen (secondary N) is 1. The lowest BCUT2D eigenvalue weighted by atomic mass is 10.4. The zero-order valence-corrected chi connectivity index (χ0v) is 12.2. The van der Waals surface area contributed by atoms with Crippen LogP contribution < -0.4 is 5.32 Å². The fourth-order valence-electron chi connectivity index (χ4n) is 1.33. The molecule has 4 heteroatoms. The fraction of sp³-hybridized carbons (Fsp3) is 0.923. The lowest BCUT2D eigenvalue weighted by molar-refractivity contribution is -0.118. The molecule has 0 aliphatic carbocycles. The van der Waals surface area contributed by atoms with Gasteiger partial charge in [-0.25, -0.2) is 0 Å². The summed E-state index contributed by atoms with van der Waals surface area (Å²) in [5.41, 5.74) is 0. The Hall–Kier alpha value is -0.610. The van der Waals surface area contributed by atoms with Gasteiger partial charge in [0.1, 0.15) is 0 Å². The molecule has 0 saturated carbocycles. The lowest BCUT2D eigenvalue weighted by Gasteiger charge is -2.18. The smallest absolute Gasteiger partial charge is 0.216 e. The van der Waals surface area contributed by atoms with E-state index >= 15 is 0 Å². The summed E-state index contributed by atoms with van der Waals surface area (Å²) in [6.45, 7) is 15.7. The van der Waals surface area contributed by atoms with Crippen LogP contribution >= 0.6 is 0 Å². The number of carbonyl (C=O) groups is 1. The Morgan fingerprint density at radius 3 is 2.12 bits per heavy atom. The zero-order chi connectivity index (χ0) is 13.5. The van der Waals surface area contributed by atoms with Crippen molar-refractivity contribution < 1.29 is 9.53 Å². The molecule has 17 heavy (non-hydrogen) atoms. The van der Waals surface area contributed by atoms with Crippen LogP contribution in [0, 0.1) is 0 Å². The standard InChI is InChI=1S/C9H21NO.C4H9NO/c1-4-7-10(5-2)8-9-11-6-3;1-3-5-4(2)6/h4-9H2,1-3H3;3H2,1-2H3,(H,5,6). The van der Waals surface area contributed by atoms with Crippen molar-refractivity contribution in [3.05, 3.63) is 0 Å². The summed E-state index contributed by atoms with van der Waals surface area (Å²) >= 11 is 0. The maximum Gasteiger partial charge on any atom is 0.216 e. The van der Waals surface area contributed by atoms with Crippen LogP contribution in [0.5, 0.6) is 0 Å². The fourth-order valence-corrected chi connectivity index (χ4v) is 1.33. The molecule has 0 aliphatic heterocycles. The van der Waals surface area contributed by atoms with Crippen molar-refractivity contribution in [3.8, 4) is 0 Å². The van der Waals surface area contributed by atoms with Gasteiger partial charge in [0.05, 0.1) is 6.61 Å². The molecule has 0 heterocycles. The van der Waals surface area contributed by atoms with Crippen LogP contribution in [-0.2, 0) is 9.53 Å². The highest BCUT2D eigenvalue weighted by atomic mass is 16.5. The van der Waals surface area contributed by atoms with E-state index in [0.717, 1.165) is 32.8 Å². The molecule has 0 aromatic heterocycles. The van der Waals surface area contributed by atoms with E-state index < -0.39 is 0 Å². The van der Waals surface area contributed by atoms with E-state index in [9.17, 15) is 4.79 Å². The first kappa shape index (κ1) is 18.7. The quantitative estimate of drug-likeness (QED) is 0.665. The van der Waals surface area contributed by atoms with Crippen LogP contribution in [0.1, 0.15) is 41.0 Å². The summed E-state index contributed by atoms with van der Waals surface area (Å²) in [6, 6.07) is 0. The van der Waals surface area contributed by atoms with Gasteiger partial charge in [0, 0.05) is 26.6 Å². The van der Waals surface area contributed by atoms with Gasteiger partial charge in [-0.2, -0.15) is 0 Å². The van der Waals surface area contributed by atoms with Crippen molar-refractivity contribution >= 4 is 5.91 Å². The van der Waals surface area contributed by atoms with E-state index in [-0.39, 0.29) is 5.91 Å². The molecule has 0 aromatic carbocycles. The predicted molar refractivity (Wildman–Crippen MR) is 73.3 cm³/mol. The average molecular weight is 246 g/mol. The summed E-state index contributed by atoms with van der Waals surface area (Å²) in [7, 11) is 0. The van der Waals surface area contributed by atoms with Crippen molar-refractivity contribution in [2.75, 3.05) is 39.4 Å². The zero-order valence-electron chi connectivity index (χ0n) is 12.2. The third-order valence-electron chi connectivity index (χ3n) is 2.17.